The van der Waals surface area contributed by atoms with E-state index in [1.165, 1.54) is 23.2 Å². The molecule has 0 aliphatic heterocycles. The molecule has 0 bridgehead atoms. The number of rotatable bonds is 13. The minimum Gasteiger partial charge on any atom is -0.487 e. The van der Waals surface area contributed by atoms with Gasteiger partial charge in [-0.2, -0.15) is 0 Å². The molecule has 0 saturated carbocycles. The number of nitrogens with one attached hydrogen (secondary N) is 2. The van der Waals surface area contributed by atoms with Crippen LogP contribution >= 0.6 is 23.2 Å². The lowest BCUT2D eigenvalue weighted by atomic mass is 10.1. The van der Waals surface area contributed by atoms with Crippen molar-refractivity contribution in [2.75, 3.05) is 38.3 Å². The van der Waals surface area contributed by atoms with Crippen LogP contribution in [0.25, 0.3) is 17.0 Å². The minimum atomic E-state index is -0.482. The number of ether oxygens (including phenoxy) is 2. The van der Waals surface area contributed by atoms with Gasteiger partial charge in [-0.3, -0.25) is 19.4 Å². The van der Waals surface area contributed by atoms with E-state index in [2.05, 4.69) is 20.6 Å². The number of para-hydroxylation sites is 1. The molecule has 0 aliphatic rings. The minimum absolute atomic E-state index is 0.0538. The van der Waals surface area contributed by atoms with Crippen LogP contribution < -0.4 is 20.3 Å². The fourth-order valence-electron chi connectivity index (χ4n) is 4.22. The molecule has 2 N–H and O–H groups in total. The van der Waals surface area contributed by atoms with Gasteiger partial charge in [0.05, 0.1) is 23.9 Å². The van der Waals surface area contributed by atoms with Crippen molar-refractivity contribution in [3.05, 3.63) is 99.4 Å². The van der Waals surface area contributed by atoms with Crippen molar-refractivity contribution in [3.8, 4) is 5.75 Å². The number of likely N-dealkylation sites (N-methyl/N-ethyl adjacent to an activating group) is 1. The molecule has 0 radical (unpaired) electrons. The summed E-state index contributed by atoms with van der Waals surface area (Å²) in [5.74, 6) is -0.615. The first-order valence-electron chi connectivity index (χ1n) is 14.2. The molecule has 0 spiro atoms. The number of carbonyl (C=O) groups excluding carboxylic acids is 3. The Morgan fingerprint density at radius 1 is 1.02 bits per heavy atom. The number of hydrogen-bond donors (Lipinski definition) is 2. The summed E-state index contributed by atoms with van der Waals surface area (Å²) in [7, 11) is 1.56. The van der Waals surface area contributed by atoms with Crippen molar-refractivity contribution in [2.24, 2.45) is 0 Å². The molecule has 4 aromatic rings. The molecule has 234 valence electrons. The van der Waals surface area contributed by atoms with Crippen molar-refractivity contribution in [1.82, 2.24) is 20.6 Å². The quantitative estimate of drug-likeness (QED) is 0.147. The zero-order chi connectivity index (χ0) is 32.3. The van der Waals surface area contributed by atoms with Crippen LogP contribution in [-0.4, -0.2) is 61.0 Å². The fourth-order valence-corrected chi connectivity index (χ4v) is 4.82. The number of carbonyl (C=O) groups is 3. The third kappa shape index (κ3) is 9.01. The molecule has 10 nitrogen and oxygen atoms in total. The molecule has 45 heavy (non-hydrogen) atoms. The molecular weight excluding hydrogens is 617 g/mol. The average molecular weight is 651 g/mol. The van der Waals surface area contributed by atoms with Crippen molar-refractivity contribution < 1.29 is 23.9 Å². The summed E-state index contributed by atoms with van der Waals surface area (Å²) in [5.41, 5.74) is 3.36. The maximum Gasteiger partial charge on any atom is 0.269 e. The largest absolute Gasteiger partial charge is 0.487 e. The van der Waals surface area contributed by atoms with Crippen LogP contribution in [0.4, 0.5) is 5.69 Å². The average Bonchev–Trinajstić information content (AvgIpc) is 3.04. The van der Waals surface area contributed by atoms with E-state index in [-0.39, 0.29) is 29.8 Å². The van der Waals surface area contributed by atoms with E-state index < -0.39 is 11.8 Å². The van der Waals surface area contributed by atoms with Crippen LogP contribution in [0.3, 0.4) is 0 Å². The van der Waals surface area contributed by atoms with E-state index in [0.717, 1.165) is 16.6 Å². The number of aryl methyl sites for hydroxylation is 1. The highest BCUT2D eigenvalue weighted by molar-refractivity contribution is 6.38. The number of amides is 3. The number of anilines is 1. The van der Waals surface area contributed by atoms with E-state index in [4.69, 9.17) is 32.7 Å². The highest BCUT2D eigenvalue weighted by atomic mass is 35.5. The van der Waals surface area contributed by atoms with Gasteiger partial charge in [-0.1, -0.05) is 47.5 Å². The summed E-state index contributed by atoms with van der Waals surface area (Å²) in [5, 5.41) is 6.86. The van der Waals surface area contributed by atoms with Gasteiger partial charge < -0.3 is 25.0 Å². The van der Waals surface area contributed by atoms with Gasteiger partial charge in [-0.25, -0.2) is 4.98 Å². The van der Waals surface area contributed by atoms with Crippen molar-refractivity contribution in [2.45, 2.75) is 20.5 Å². The van der Waals surface area contributed by atoms with Crippen LogP contribution in [0.15, 0.2) is 66.9 Å². The third-order valence-corrected chi connectivity index (χ3v) is 7.47. The normalized spacial score (nSPS) is 11.0. The first-order chi connectivity index (χ1) is 21.7. The smallest absolute Gasteiger partial charge is 0.269 e. The number of halogens is 2. The second-order valence-corrected chi connectivity index (χ2v) is 10.6. The standard InChI is InChI=1S/C33H33Cl2N5O5/c1-4-44-17-16-36-33(43)26-13-9-22(18-37-26)10-15-29(41)38-19-30(42)40(3)27-14-12-25(34)24(31(27)35)20-45-28-7-5-6-23-11-8-21(2)39-32(23)28/h5-15,18H,4,16-17,19-20H2,1-3H3,(H,36,43)(H,38,41)/b15-10+. The maximum atomic E-state index is 12.9. The summed E-state index contributed by atoms with van der Waals surface area (Å²) in [6.07, 6.45) is 4.28. The zero-order valence-corrected chi connectivity index (χ0v) is 26.6. The van der Waals surface area contributed by atoms with Gasteiger partial charge in [0.1, 0.15) is 23.6 Å². The van der Waals surface area contributed by atoms with Gasteiger partial charge in [0.15, 0.2) is 0 Å². The number of nitrogens with zero attached hydrogens (tertiary/aromatic N) is 3. The first-order valence-corrected chi connectivity index (χ1v) is 14.9. The van der Waals surface area contributed by atoms with Crippen molar-refractivity contribution >= 4 is 63.6 Å². The number of fused-ring (bicyclic) bond motifs is 1. The SMILES string of the molecule is CCOCCNC(=O)c1ccc(/C=C/C(=O)NCC(=O)N(C)c2ccc(Cl)c(COc3cccc4ccc(C)nc34)c2Cl)cn1. The van der Waals surface area contributed by atoms with Gasteiger partial charge >= 0.3 is 0 Å². The fraction of sp³-hybridized carbons (Fsp3) is 0.242. The highest BCUT2D eigenvalue weighted by Crippen LogP contribution is 2.35. The van der Waals surface area contributed by atoms with Gasteiger partial charge in [0.2, 0.25) is 11.8 Å². The Balaban J connectivity index is 1.32. The monoisotopic (exact) mass is 649 g/mol. The molecule has 3 amide bonds. The number of hydrogen-bond acceptors (Lipinski definition) is 7. The Bertz CT molecular complexity index is 1710. The Morgan fingerprint density at radius 2 is 1.84 bits per heavy atom. The second-order valence-electron chi connectivity index (χ2n) is 9.86. The van der Waals surface area contributed by atoms with E-state index in [0.29, 0.717) is 47.3 Å². The molecule has 0 unspecified atom stereocenters. The lowest BCUT2D eigenvalue weighted by molar-refractivity contribution is -0.122. The Labute approximate surface area is 271 Å². The summed E-state index contributed by atoms with van der Waals surface area (Å²) in [6.45, 7) is 4.95. The summed E-state index contributed by atoms with van der Waals surface area (Å²) in [6, 6.07) is 16.1. The van der Waals surface area contributed by atoms with Crippen LogP contribution in [-0.2, 0) is 20.9 Å². The van der Waals surface area contributed by atoms with E-state index >= 15 is 0 Å². The lowest BCUT2D eigenvalue weighted by Crippen LogP contribution is -2.37. The Kier molecular flexibility index (Phi) is 11.9. The molecule has 12 heteroatoms. The van der Waals surface area contributed by atoms with Crippen LogP contribution in [0.1, 0.15) is 34.2 Å². The lowest BCUT2D eigenvalue weighted by Gasteiger charge is -2.21. The molecule has 0 aliphatic carbocycles. The molecular formula is C33H33Cl2N5O5. The predicted octanol–water partition coefficient (Wildman–Crippen LogP) is 5.38. The molecule has 4 rings (SSSR count). The summed E-state index contributed by atoms with van der Waals surface area (Å²) >= 11 is 13.2. The number of benzene rings is 2. The van der Waals surface area contributed by atoms with Gasteiger partial charge in [0.25, 0.3) is 5.91 Å². The van der Waals surface area contributed by atoms with Crippen LogP contribution in [0.2, 0.25) is 10.0 Å². The Morgan fingerprint density at radius 3 is 2.60 bits per heavy atom. The second kappa shape index (κ2) is 16.0. The van der Waals surface area contributed by atoms with E-state index in [1.807, 2.05) is 44.2 Å². The van der Waals surface area contributed by atoms with E-state index in [9.17, 15) is 14.4 Å². The molecule has 0 fully saturated rings. The van der Waals surface area contributed by atoms with Crippen LogP contribution in [0.5, 0.6) is 5.75 Å². The first kappa shape index (κ1) is 33.4. The van der Waals surface area contributed by atoms with Crippen LogP contribution in [0, 0.1) is 6.92 Å². The predicted molar refractivity (Wildman–Crippen MR) is 176 cm³/mol. The van der Waals surface area contributed by atoms with Crippen molar-refractivity contribution in [1.29, 1.82) is 0 Å². The third-order valence-electron chi connectivity index (χ3n) is 6.69. The molecule has 2 aromatic heterocycles. The molecule has 2 aromatic carbocycles. The summed E-state index contributed by atoms with van der Waals surface area (Å²) < 4.78 is 11.3. The maximum absolute atomic E-state index is 12.9. The topological polar surface area (TPSA) is 123 Å². The van der Waals surface area contributed by atoms with E-state index in [1.54, 1.807) is 31.3 Å². The molecule has 0 saturated heterocycles. The van der Waals surface area contributed by atoms with Gasteiger partial charge in [-0.05, 0) is 55.8 Å². The summed E-state index contributed by atoms with van der Waals surface area (Å²) in [4.78, 5) is 47.5. The van der Waals surface area contributed by atoms with Gasteiger partial charge in [-0.15, -0.1) is 0 Å². The number of aromatic nitrogens is 2. The van der Waals surface area contributed by atoms with Crippen molar-refractivity contribution in [3.63, 3.8) is 0 Å². The molecule has 0 atom stereocenters. The molecule has 2 heterocycles. The highest BCUT2D eigenvalue weighted by Gasteiger charge is 2.19. The zero-order valence-electron chi connectivity index (χ0n) is 25.1. The Hall–Kier alpha value is -4.51. The number of pyridine rings is 2. The van der Waals surface area contributed by atoms with Gasteiger partial charge in [0, 0.05) is 54.1 Å².